The highest BCUT2D eigenvalue weighted by Gasteiger charge is 2.15. The van der Waals surface area contributed by atoms with Gasteiger partial charge in [0.15, 0.2) is 0 Å². The molecule has 118 valence electrons. The van der Waals surface area contributed by atoms with Gasteiger partial charge in [0.25, 0.3) is 11.6 Å². The molecule has 4 rings (SSSR count). The normalized spacial score (nSPS) is 11.0. The van der Waals surface area contributed by atoms with Crippen LogP contribution in [-0.2, 0) is 0 Å². The van der Waals surface area contributed by atoms with E-state index in [0.29, 0.717) is 22.2 Å². The van der Waals surface area contributed by atoms with Gasteiger partial charge in [-0.05, 0) is 41.1 Å². The van der Waals surface area contributed by atoms with Crippen LogP contribution in [0.1, 0.15) is 10.4 Å². The first-order valence-electron chi connectivity index (χ1n) is 7.16. The van der Waals surface area contributed by atoms with Gasteiger partial charge in [0.2, 0.25) is 0 Å². The highest BCUT2D eigenvalue weighted by atomic mass is 32.1. The Hall–Kier alpha value is -3.19. The molecular formula is C17H11N3O3S. The van der Waals surface area contributed by atoms with Gasteiger partial charge in [0, 0.05) is 39.6 Å². The van der Waals surface area contributed by atoms with E-state index in [0.717, 1.165) is 10.1 Å². The maximum atomic E-state index is 12.5. The predicted molar refractivity (Wildman–Crippen MR) is 94.7 cm³/mol. The Labute approximate surface area is 139 Å². The Kier molecular flexibility index (Phi) is 3.28. The average molecular weight is 337 g/mol. The maximum absolute atomic E-state index is 12.5. The highest BCUT2D eigenvalue weighted by molar-refractivity contribution is 7.17. The zero-order valence-corrected chi connectivity index (χ0v) is 13.1. The Balaban J connectivity index is 1.69. The number of nitrogens with zero attached hydrogens (tertiary/aromatic N) is 1. The van der Waals surface area contributed by atoms with Crippen LogP contribution in [0.2, 0.25) is 0 Å². The number of fused-ring (bicyclic) bond motifs is 2. The van der Waals surface area contributed by atoms with Gasteiger partial charge in [-0.2, -0.15) is 0 Å². The summed E-state index contributed by atoms with van der Waals surface area (Å²) in [6.07, 6.45) is 1.56. The second-order valence-corrected chi connectivity index (χ2v) is 6.26. The number of nitro groups is 1. The molecule has 2 N–H and O–H groups in total. The fraction of sp³-hybridized carbons (Fsp3) is 0. The maximum Gasteiger partial charge on any atom is 0.270 e. The summed E-state index contributed by atoms with van der Waals surface area (Å²) in [7, 11) is 0. The van der Waals surface area contributed by atoms with Gasteiger partial charge in [0.05, 0.1) is 10.5 Å². The number of carbonyl (C=O) groups is 1. The first-order valence-corrected chi connectivity index (χ1v) is 8.04. The molecule has 0 atom stereocenters. The van der Waals surface area contributed by atoms with Crippen molar-refractivity contribution < 1.29 is 9.72 Å². The summed E-state index contributed by atoms with van der Waals surface area (Å²) in [6, 6.07) is 12.1. The smallest absolute Gasteiger partial charge is 0.270 e. The summed E-state index contributed by atoms with van der Waals surface area (Å²) in [5.74, 6) is -0.309. The van der Waals surface area contributed by atoms with Crippen LogP contribution < -0.4 is 5.32 Å². The third kappa shape index (κ3) is 2.40. The number of aromatic amines is 1. The molecule has 2 aromatic carbocycles. The largest absolute Gasteiger partial charge is 0.360 e. The van der Waals surface area contributed by atoms with Crippen LogP contribution in [0, 0.1) is 10.1 Å². The topological polar surface area (TPSA) is 88.0 Å². The molecule has 0 aliphatic heterocycles. The molecule has 6 nitrogen and oxygen atoms in total. The Morgan fingerprint density at radius 2 is 2.04 bits per heavy atom. The Morgan fingerprint density at radius 1 is 1.17 bits per heavy atom. The molecule has 0 radical (unpaired) electrons. The molecular weight excluding hydrogens is 326 g/mol. The summed E-state index contributed by atoms with van der Waals surface area (Å²) in [4.78, 5) is 26.0. The lowest BCUT2D eigenvalue weighted by atomic mass is 10.1. The lowest BCUT2D eigenvalue weighted by molar-refractivity contribution is -0.384. The molecule has 1 amide bonds. The predicted octanol–water partition coefficient (Wildman–Crippen LogP) is 4.54. The number of H-pyrrole nitrogens is 1. The van der Waals surface area contributed by atoms with Crippen LogP contribution in [0.5, 0.6) is 0 Å². The number of nitro benzene ring substituents is 1. The fourth-order valence-corrected chi connectivity index (χ4v) is 3.42. The number of amides is 1. The molecule has 0 saturated heterocycles. The van der Waals surface area contributed by atoms with Gasteiger partial charge >= 0.3 is 0 Å². The fourth-order valence-electron chi connectivity index (χ4n) is 2.65. The number of aromatic nitrogens is 1. The third-order valence-electron chi connectivity index (χ3n) is 3.83. The van der Waals surface area contributed by atoms with E-state index in [1.54, 1.807) is 23.6 Å². The first-order chi connectivity index (χ1) is 11.6. The van der Waals surface area contributed by atoms with Crippen molar-refractivity contribution >= 4 is 49.6 Å². The van der Waals surface area contributed by atoms with Crippen molar-refractivity contribution in [1.82, 2.24) is 4.98 Å². The molecule has 0 unspecified atom stereocenters. The number of hydrogen-bond acceptors (Lipinski definition) is 4. The molecule has 24 heavy (non-hydrogen) atoms. The SMILES string of the molecule is O=C(Nc1ccc2sccc2c1)c1c[nH]c2ccc([N+](=O)[O-])cc12. The second kappa shape index (κ2) is 5.47. The van der Waals surface area contributed by atoms with Gasteiger partial charge in [-0.25, -0.2) is 0 Å². The zero-order chi connectivity index (χ0) is 16.7. The summed E-state index contributed by atoms with van der Waals surface area (Å²) >= 11 is 1.64. The number of anilines is 1. The molecule has 0 saturated carbocycles. The quantitative estimate of drug-likeness (QED) is 0.425. The van der Waals surface area contributed by atoms with E-state index in [2.05, 4.69) is 10.3 Å². The highest BCUT2D eigenvalue weighted by Crippen LogP contribution is 2.26. The molecule has 7 heteroatoms. The molecule has 0 aliphatic carbocycles. The number of non-ortho nitro benzene ring substituents is 1. The Bertz CT molecular complexity index is 1100. The number of rotatable bonds is 3. The minimum atomic E-state index is -0.474. The minimum Gasteiger partial charge on any atom is -0.360 e. The molecule has 0 spiro atoms. The molecule has 4 aromatic rings. The van der Waals surface area contributed by atoms with Crippen LogP contribution >= 0.6 is 11.3 Å². The van der Waals surface area contributed by atoms with Crippen molar-refractivity contribution in [2.45, 2.75) is 0 Å². The van der Waals surface area contributed by atoms with Gasteiger partial charge in [-0.15, -0.1) is 11.3 Å². The van der Waals surface area contributed by atoms with Gasteiger partial charge < -0.3 is 10.3 Å². The van der Waals surface area contributed by atoms with Crippen LogP contribution in [0.3, 0.4) is 0 Å². The van der Waals surface area contributed by atoms with Crippen LogP contribution in [0.4, 0.5) is 11.4 Å². The molecule has 0 bridgehead atoms. The zero-order valence-electron chi connectivity index (χ0n) is 12.3. The van der Waals surface area contributed by atoms with Gasteiger partial charge in [-0.1, -0.05) is 0 Å². The van der Waals surface area contributed by atoms with Crippen molar-refractivity contribution in [2.75, 3.05) is 5.32 Å². The number of nitrogens with one attached hydrogen (secondary N) is 2. The van der Waals surface area contributed by atoms with Crippen molar-refractivity contribution in [2.24, 2.45) is 0 Å². The minimum absolute atomic E-state index is 0.0455. The van der Waals surface area contributed by atoms with E-state index >= 15 is 0 Å². The number of thiophene rings is 1. The van der Waals surface area contributed by atoms with Crippen LogP contribution in [-0.4, -0.2) is 15.8 Å². The number of benzene rings is 2. The lowest BCUT2D eigenvalue weighted by Crippen LogP contribution is -2.11. The molecule has 0 aliphatic rings. The van der Waals surface area contributed by atoms with Crippen molar-refractivity contribution in [1.29, 1.82) is 0 Å². The van der Waals surface area contributed by atoms with Gasteiger partial charge in [-0.3, -0.25) is 14.9 Å². The molecule has 2 heterocycles. The van der Waals surface area contributed by atoms with Crippen molar-refractivity contribution in [3.05, 3.63) is 69.7 Å². The van der Waals surface area contributed by atoms with E-state index in [9.17, 15) is 14.9 Å². The van der Waals surface area contributed by atoms with E-state index in [1.165, 1.54) is 12.1 Å². The molecule has 0 fully saturated rings. The average Bonchev–Trinajstić information content (AvgIpc) is 3.20. The van der Waals surface area contributed by atoms with Crippen LogP contribution in [0.15, 0.2) is 54.0 Å². The third-order valence-corrected chi connectivity index (χ3v) is 4.73. The summed E-state index contributed by atoms with van der Waals surface area (Å²) in [5, 5.41) is 17.4. The van der Waals surface area contributed by atoms with E-state index in [1.807, 2.05) is 29.6 Å². The number of hydrogen-bond donors (Lipinski definition) is 2. The molecule has 2 aromatic heterocycles. The van der Waals surface area contributed by atoms with Crippen LogP contribution in [0.25, 0.3) is 21.0 Å². The first kappa shape index (κ1) is 14.4. The number of carbonyl (C=O) groups excluding carboxylic acids is 1. The van der Waals surface area contributed by atoms with E-state index in [-0.39, 0.29) is 11.6 Å². The van der Waals surface area contributed by atoms with E-state index < -0.39 is 4.92 Å². The van der Waals surface area contributed by atoms with Gasteiger partial charge in [0.1, 0.15) is 0 Å². The Morgan fingerprint density at radius 3 is 2.88 bits per heavy atom. The van der Waals surface area contributed by atoms with Crippen molar-refractivity contribution in [3.63, 3.8) is 0 Å². The lowest BCUT2D eigenvalue weighted by Gasteiger charge is -2.04. The standard InChI is InChI=1S/C17H11N3O3S/c21-17(19-11-1-4-16-10(7-11)5-6-24-16)14-9-18-15-3-2-12(20(22)23)8-13(14)15/h1-9,18H,(H,19,21). The summed E-state index contributed by atoms with van der Waals surface area (Å²) < 4.78 is 1.15. The van der Waals surface area contributed by atoms with Crippen molar-refractivity contribution in [3.8, 4) is 0 Å². The second-order valence-electron chi connectivity index (χ2n) is 5.32. The van der Waals surface area contributed by atoms with E-state index in [4.69, 9.17) is 0 Å². The summed E-state index contributed by atoms with van der Waals surface area (Å²) in [5.41, 5.74) is 1.69. The monoisotopic (exact) mass is 337 g/mol. The summed E-state index contributed by atoms with van der Waals surface area (Å²) in [6.45, 7) is 0.